The van der Waals surface area contributed by atoms with Crippen molar-refractivity contribution >= 4 is 16.7 Å². The average Bonchev–Trinajstić information content (AvgIpc) is 3.03. The number of hydrogen-bond acceptors (Lipinski definition) is 7. The average molecular weight is 602 g/mol. The van der Waals surface area contributed by atoms with Crippen LogP contribution < -0.4 is 5.32 Å². The summed E-state index contributed by atoms with van der Waals surface area (Å²) in [4.78, 5) is 11.3. The summed E-state index contributed by atoms with van der Waals surface area (Å²) in [6.07, 6.45) is 6.57. The number of rotatable bonds is 18. The summed E-state index contributed by atoms with van der Waals surface area (Å²) in [7, 11) is 0. The fourth-order valence-corrected chi connectivity index (χ4v) is 5.31. The third kappa shape index (κ3) is 9.27. The molecule has 0 bridgehead atoms. The Morgan fingerprint density at radius 2 is 1.59 bits per heavy atom. The van der Waals surface area contributed by atoms with E-state index < -0.39 is 12.1 Å². The molecule has 4 rings (SSSR count). The van der Waals surface area contributed by atoms with Crippen molar-refractivity contribution in [2.75, 3.05) is 26.3 Å². The first-order valence-corrected chi connectivity index (χ1v) is 15.3. The predicted octanol–water partition coefficient (Wildman–Crippen LogP) is 6.33. The number of nitrogens with one attached hydrogen (secondary N) is 1. The van der Waals surface area contributed by atoms with Gasteiger partial charge in [-0.1, -0.05) is 61.4 Å². The number of aliphatic hydroxyl groups excluding tert-OH is 2. The SMILES string of the molecule is O=C(O)c1ccc2cc(-c3cccc(CCCCOCCCCCCNCC(O)c4ccc(O)c(CO)c4)c3)ccc2c1O. The molecule has 6 N–H and O–H groups in total. The van der Waals surface area contributed by atoms with Gasteiger partial charge in [0, 0.05) is 30.7 Å². The minimum atomic E-state index is -1.14. The number of benzene rings is 4. The number of aryl methyl sites for hydroxylation is 1. The number of fused-ring (bicyclic) bond motifs is 1. The smallest absolute Gasteiger partial charge is 0.339 e. The van der Waals surface area contributed by atoms with Gasteiger partial charge in [-0.3, -0.25) is 0 Å². The Morgan fingerprint density at radius 3 is 2.39 bits per heavy atom. The minimum absolute atomic E-state index is 0.0338. The van der Waals surface area contributed by atoms with E-state index in [-0.39, 0.29) is 23.7 Å². The number of ether oxygens (including phenoxy) is 1. The highest BCUT2D eigenvalue weighted by Crippen LogP contribution is 2.32. The molecular weight excluding hydrogens is 558 g/mol. The summed E-state index contributed by atoms with van der Waals surface area (Å²) < 4.78 is 5.83. The predicted molar refractivity (Wildman–Crippen MR) is 172 cm³/mol. The lowest BCUT2D eigenvalue weighted by Crippen LogP contribution is -2.22. The van der Waals surface area contributed by atoms with Crippen molar-refractivity contribution in [1.82, 2.24) is 5.32 Å². The van der Waals surface area contributed by atoms with Crippen LogP contribution in [-0.2, 0) is 17.8 Å². The van der Waals surface area contributed by atoms with Crippen molar-refractivity contribution in [3.63, 3.8) is 0 Å². The number of carbonyl (C=O) groups is 1. The number of carboxylic acid groups (broad SMARTS) is 1. The number of unbranched alkanes of at least 4 members (excludes halogenated alkanes) is 4. The highest BCUT2D eigenvalue weighted by atomic mass is 16.5. The Morgan fingerprint density at radius 1 is 0.818 bits per heavy atom. The van der Waals surface area contributed by atoms with Gasteiger partial charge in [0.15, 0.2) is 0 Å². The van der Waals surface area contributed by atoms with Crippen LogP contribution in [0.3, 0.4) is 0 Å². The third-order valence-electron chi connectivity index (χ3n) is 7.87. The van der Waals surface area contributed by atoms with Crippen LogP contribution in [-0.4, -0.2) is 57.8 Å². The summed E-state index contributed by atoms with van der Waals surface area (Å²) in [5.41, 5.74) is 4.35. The maximum Gasteiger partial charge on any atom is 0.339 e. The van der Waals surface area contributed by atoms with E-state index in [4.69, 9.17) is 4.74 Å². The minimum Gasteiger partial charge on any atom is -0.508 e. The van der Waals surface area contributed by atoms with E-state index in [0.29, 0.717) is 23.1 Å². The fourth-order valence-electron chi connectivity index (χ4n) is 5.31. The van der Waals surface area contributed by atoms with Gasteiger partial charge in [-0.2, -0.15) is 0 Å². The third-order valence-corrected chi connectivity index (χ3v) is 7.87. The van der Waals surface area contributed by atoms with Crippen LogP contribution in [0.4, 0.5) is 0 Å². The molecule has 0 saturated carbocycles. The maximum atomic E-state index is 11.3. The summed E-state index contributed by atoms with van der Waals surface area (Å²) in [6.45, 7) is 2.50. The van der Waals surface area contributed by atoms with Crippen LogP contribution >= 0.6 is 0 Å². The topological polar surface area (TPSA) is 139 Å². The van der Waals surface area contributed by atoms with Crippen LogP contribution in [0.1, 0.15) is 71.7 Å². The molecule has 0 fully saturated rings. The van der Waals surface area contributed by atoms with Gasteiger partial charge >= 0.3 is 5.97 Å². The number of aliphatic hydroxyl groups is 2. The first kappa shape index (κ1) is 33.0. The van der Waals surface area contributed by atoms with E-state index in [1.165, 1.54) is 17.7 Å². The Bertz CT molecular complexity index is 1520. The first-order valence-electron chi connectivity index (χ1n) is 15.3. The standard InChI is InChI=1S/C36H43NO7/c38-24-30-22-29(13-16-33(30)39)34(40)23-37-17-4-1-2-5-18-44-19-6-3-8-25-9-7-10-26(20-25)27-11-14-31-28(21-27)12-15-32(35(31)41)36(42)43/h7,9-16,20-22,34,37-41H,1-6,8,17-19,23-24H2,(H,42,43). The van der Waals surface area contributed by atoms with E-state index in [2.05, 4.69) is 29.6 Å². The lowest BCUT2D eigenvalue weighted by Gasteiger charge is -2.14. The molecule has 0 amide bonds. The lowest BCUT2D eigenvalue weighted by molar-refractivity contribution is 0.0694. The van der Waals surface area contributed by atoms with E-state index in [1.807, 2.05) is 12.1 Å². The van der Waals surface area contributed by atoms with Crippen LogP contribution in [0, 0.1) is 0 Å². The van der Waals surface area contributed by atoms with Crippen LogP contribution in [0.5, 0.6) is 11.5 Å². The molecule has 0 aliphatic heterocycles. The Labute approximate surface area is 258 Å². The van der Waals surface area contributed by atoms with Gasteiger partial charge < -0.3 is 35.6 Å². The molecule has 1 atom stereocenters. The van der Waals surface area contributed by atoms with Crippen LogP contribution in [0.25, 0.3) is 21.9 Å². The molecule has 44 heavy (non-hydrogen) atoms. The molecule has 0 aromatic heterocycles. The van der Waals surface area contributed by atoms with Crippen LogP contribution in [0.15, 0.2) is 72.8 Å². The Kier molecular flexibility index (Phi) is 12.6. The zero-order valence-corrected chi connectivity index (χ0v) is 25.0. The molecule has 0 spiro atoms. The quantitative estimate of drug-likeness (QED) is 0.0727. The molecule has 234 valence electrons. The molecule has 0 aliphatic carbocycles. The zero-order chi connectivity index (χ0) is 31.3. The molecular formula is C36H43NO7. The van der Waals surface area contributed by atoms with Crippen molar-refractivity contribution in [2.24, 2.45) is 0 Å². The molecule has 4 aromatic rings. The van der Waals surface area contributed by atoms with Gasteiger partial charge in [0.05, 0.1) is 12.7 Å². The number of phenols is 2. The number of aromatic hydroxyl groups is 2. The second-order valence-corrected chi connectivity index (χ2v) is 11.2. The summed E-state index contributed by atoms with van der Waals surface area (Å²) in [6, 6.07) is 22.0. The van der Waals surface area contributed by atoms with E-state index in [0.717, 1.165) is 81.2 Å². The van der Waals surface area contributed by atoms with Crippen molar-refractivity contribution in [3.05, 3.63) is 95.1 Å². The molecule has 0 heterocycles. The summed E-state index contributed by atoms with van der Waals surface area (Å²) in [5.74, 6) is -1.31. The van der Waals surface area contributed by atoms with Crippen molar-refractivity contribution in [2.45, 2.75) is 57.7 Å². The highest BCUT2D eigenvalue weighted by molar-refractivity contribution is 6.01. The summed E-state index contributed by atoms with van der Waals surface area (Å²) >= 11 is 0. The Hall–Kier alpha value is -3.95. The fraction of sp³-hybridized carbons (Fsp3) is 0.361. The summed E-state index contributed by atoms with van der Waals surface area (Å²) in [5, 5.41) is 53.4. The largest absolute Gasteiger partial charge is 0.508 e. The van der Waals surface area contributed by atoms with Gasteiger partial charge in [-0.25, -0.2) is 4.79 Å². The number of aromatic carboxylic acids is 1. The van der Waals surface area contributed by atoms with Gasteiger partial charge in [0.25, 0.3) is 0 Å². The molecule has 4 aromatic carbocycles. The molecule has 8 nitrogen and oxygen atoms in total. The molecule has 1 unspecified atom stereocenters. The van der Waals surface area contributed by atoms with Crippen molar-refractivity contribution in [3.8, 4) is 22.6 Å². The first-order chi connectivity index (χ1) is 21.4. The normalized spacial score (nSPS) is 12.0. The second kappa shape index (κ2) is 16.8. The molecule has 0 saturated heterocycles. The Balaban J connectivity index is 1.06. The van der Waals surface area contributed by atoms with Gasteiger partial charge in [0.1, 0.15) is 17.1 Å². The monoisotopic (exact) mass is 601 g/mol. The molecule has 0 radical (unpaired) electrons. The number of hydrogen-bond donors (Lipinski definition) is 6. The zero-order valence-electron chi connectivity index (χ0n) is 25.0. The molecule has 0 aliphatic rings. The van der Waals surface area contributed by atoms with E-state index in [1.54, 1.807) is 24.3 Å². The number of carboxylic acids is 1. The molecule has 8 heteroatoms. The van der Waals surface area contributed by atoms with Gasteiger partial charge in [-0.15, -0.1) is 0 Å². The van der Waals surface area contributed by atoms with Crippen molar-refractivity contribution in [1.29, 1.82) is 0 Å². The van der Waals surface area contributed by atoms with Crippen molar-refractivity contribution < 1.29 is 35.1 Å². The van der Waals surface area contributed by atoms with E-state index in [9.17, 15) is 30.3 Å². The highest BCUT2D eigenvalue weighted by Gasteiger charge is 2.13. The van der Waals surface area contributed by atoms with Gasteiger partial charge in [-0.05, 0) is 90.6 Å². The lowest BCUT2D eigenvalue weighted by atomic mass is 9.97. The van der Waals surface area contributed by atoms with E-state index >= 15 is 0 Å². The second-order valence-electron chi connectivity index (χ2n) is 11.2. The van der Waals surface area contributed by atoms with Gasteiger partial charge in [0.2, 0.25) is 0 Å². The van der Waals surface area contributed by atoms with Crippen LogP contribution in [0.2, 0.25) is 0 Å². The maximum absolute atomic E-state index is 11.3.